The highest BCUT2D eigenvalue weighted by Crippen LogP contribution is 2.28. The van der Waals surface area contributed by atoms with Gasteiger partial charge in [-0.3, -0.25) is 0 Å². The van der Waals surface area contributed by atoms with Crippen LogP contribution >= 0.6 is 11.8 Å². The van der Waals surface area contributed by atoms with Crippen molar-refractivity contribution in [3.05, 3.63) is 23.8 Å². The van der Waals surface area contributed by atoms with Crippen LogP contribution in [0.3, 0.4) is 0 Å². The predicted molar refractivity (Wildman–Crippen MR) is 70.4 cm³/mol. The molecule has 2 N–H and O–H groups in total. The number of aliphatic hydroxyl groups is 1. The first kappa shape index (κ1) is 13.2. The van der Waals surface area contributed by atoms with Crippen LogP contribution in [0.5, 0.6) is 5.75 Å². The normalized spacial score (nSPS) is 12.5. The van der Waals surface area contributed by atoms with Gasteiger partial charge < -0.3 is 15.1 Å². The number of phenolic OH excluding ortho intramolecular Hbond substituents is 1. The quantitative estimate of drug-likeness (QED) is 0.830. The highest BCUT2D eigenvalue weighted by Gasteiger charge is 2.09. The van der Waals surface area contributed by atoms with E-state index in [1.165, 1.54) is 0 Å². The van der Waals surface area contributed by atoms with Crippen LogP contribution in [0.4, 0.5) is 5.69 Å². The van der Waals surface area contributed by atoms with Gasteiger partial charge in [0.1, 0.15) is 5.75 Å². The molecule has 4 heteroatoms. The molecule has 0 amide bonds. The van der Waals surface area contributed by atoms with Crippen molar-refractivity contribution >= 4 is 17.4 Å². The van der Waals surface area contributed by atoms with Gasteiger partial charge in [-0.05, 0) is 19.2 Å². The second kappa shape index (κ2) is 6.01. The Morgan fingerprint density at radius 2 is 2.12 bits per heavy atom. The van der Waals surface area contributed by atoms with Gasteiger partial charge in [0, 0.05) is 36.7 Å². The van der Waals surface area contributed by atoms with Crippen molar-refractivity contribution < 1.29 is 10.2 Å². The molecule has 1 aromatic rings. The van der Waals surface area contributed by atoms with Crippen molar-refractivity contribution in [1.82, 2.24) is 0 Å². The summed E-state index contributed by atoms with van der Waals surface area (Å²) < 4.78 is 0. The van der Waals surface area contributed by atoms with Gasteiger partial charge in [0.2, 0.25) is 0 Å². The predicted octanol–water partition coefficient (Wildman–Crippen LogP) is 2.24. The van der Waals surface area contributed by atoms with Crippen LogP contribution in [0.1, 0.15) is 18.6 Å². The molecule has 16 heavy (non-hydrogen) atoms. The Kier molecular flexibility index (Phi) is 4.96. The maximum Gasteiger partial charge on any atom is 0.123 e. The van der Waals surface area contributed by atoms with Gasteiger partial charge in [0.15, 0.2) is 0 Å². The zero-order valence-corrected chi connectivity index (χ0v) is 10.8. The van der Waals surface area contributed by atoms with Crippen LogP contribution in [0, 0.1) is 0 Å². The Balaban J connectivity index is 2.80. The molecule has 1 rings (SSSR count). The Labute approximate surface area is 101 Å². The summed E-state index contributed by atoms with van der Waals surface area (Å²) in [7, 11) is 1.99. The lowest BCUT2D eigenvalue weighted by atomic mass is 10.1. The molecule has 0 bridgehead atoms. The Morgan fingerprint density at radius 1 is 1.44 bits per heavy atom. The molecule has 0 heterocycles. The van der Waals surface area contributed by atoms with Gasteiger partial charge >= 0.3 is 0 Å². The number of hydrogen-bond acceptors (Lipinski definition) is 4. The lowest BCUT2D eigenvalue weighted by Gasteiger charge is -2.20. The van der Waals surface area contributed by atoms with Crippen molar-refractivity contribution in [2.45, 2.75) is 13.0 Å². The van der Waals surface area contributed by atoms with Crippen LogP contribution in [-0.2, 0) is 0 Å². The van der Waals surface area contributed by atoms with Crippen LogP contribution in [0.25, 0.3) is 0 Å². The molecule has 3 nitrogen and oxygen atoms in total. The zero-order chi connectivity index (χ0) is 12.1. The van der Waals surface area contributed by atoms with Gasteiger partial charge in [-0.15, -0.1) is 0 Å². The number of anilines is 1. The highest BCUT2D eigenvalue weighted by molar-refractivity contribution is 7.98. The van der Waals surface area contributed by atoms with Crippen molar-refractivity contribution in [1.29, 1.82) is 0 Å². The van der Waals surface area contributed by atoms with Gasteiger partial charge in [-0.25, -0.2) is 0 Å². The Hall–Kier alpha value is -0.870. The first-order valence-corrected chi connectivity index (χ1v) is 6.66. The molecule has 0 spiro atoms. The van der Waals surface area contributed by atoms with E-state index in [1.807, 2.05) is 13.1 Å². The van der Waals surface area contributed by atoms with Crippen molar-refractivity contribution in [3.63, 3.8) is 0 Å². The van der Waals surface area contributed by atoms with Crippen molar-refractivity contribution in [3.8, 4) is 5.75 Å². The molecule has 90 valence electrons. The number of rotatable bonds is 5. The standard InChI is InChI=1S/C12H19NO2S/c1-9(14)11-5-4-10(8-12(11)15)13(2)6-7-16-3/h4-5,8-9,14-15H,6-7H2,1-3H3. The first-order valence-electron chi connectivity index (χ1n) is 5.27. The largest absolute Gasteiger partial charge is 0.507 e. The smallest absolute Gasteiger partial charge is 0.123 e. The molecule has 0 radical (unpaired) electrons. The fourth-order valence-electron chi connectivity index (χ4n) is 1.48. The molecular formula is C12H19NO2S. The van der Waals surface area contributed by atoms with E-state index in [9.17, 15) is 10.2 Å². The van der Waals surface area contributed by atoms with Crippen LogP contribution in [0.15, 0.2) is 18.2 Å². The minimum Gasteiger partial charge on any atom is -0.507 e. The summed E-state index contributed by atoms with van der Waals surface area (Å²) >= 11 is 1.79. The molecule has 1 aromatic carbocycles. The summed E-state index contributed by atoms with van der Waals surface area (Å²) in [6.45, 7) is 2.58. The topological polar surface area (TPSA) is 43.7 Å². The van der Waals surface area contributed by atoms with Crippen LogP contribution in [0.2, 0.25) is 0 Å². The second-order valence-corrected chi connectivity index (χ2v) is 4.82. The summed E-state index contributed by atoms with van der Waals surface area (Å²) in [6, 6.07) is 5.38. The molecular weight excluding hydrogens is 222 g/mol. The molecule has 0 fully saturated rings. The zero-order valence-electron chi connectivity index (χ0n) is 9.97. The van der Waals surface area contributed by atoms with Gasteiger partial charge in [0.25, 0.3) is 0 Å². The third kappa shape index (κ3) is 3.32. The van der Waals surface area contributed by atoms with E-state index in [2.05, 4.69) is 11.2 Å². The van der Waals surface area contributed by atoms with E-state index >= 15 is 0 Å². The molecule has 0 aliphatic heterocycles. The number of aromatic hydroxyl groups is 1. The fourth-order valence-corrected chi connectivity index (χ4v) is 1.94. The second-order valence-electron chi connectivity index (χ2n) is 3.83. The highest BCUT2D eigenvalue weighted by atomic mass is 32.2. The molecule has 0 aromatic heterocycles. The molecule has 1 atom stereocenters. The maximum atomic E-state index is 9.74. The summed E-state index contributed by atoms with van der Waals surface area (Å²) in [4.78, 5) is 2.09. The number of aliphatic hydroxyl groups excluding tert-OH is 1. The number of hydrogen-bond donors (Lipinski definition) is 2. The first-order chi connectivity index (χ1) is 7.56. The average Bonchev–Trinajstić information content (AvgIpc) is 2.25. The summed E-state index contributed by atoms with van der Waals surface area (Å²) in [6.07, 6.45) is 1.44. The maximum absolute atomic E-state index is 9.74. The van der Waals surface area contributed by atoms with Crippen molar-refractivity contribution in [2.24, 2.45) is 0 Å². The molecule has 0 aliphatic carbocycles. The lowest BCUT2D eigenvalue weighted by molar-refractivity contribution is 0.195. The third-order valence-corrected chi connectivity index (χ3v) is 3.13. The summed E-state index contributed by atoms with van der Waals surface area (Å²) in [5.74, 6) is 1.21. The SMILES string of the molecule is CSCCN(C)c1ccc(C(C)O)c(O)c1. The van der Waals surface area contributed by atoms with Gasteiger partial charge in [0.05, 0.1) is 6.10 Å². The van der Waals surface area contributed by atoms with E-state index in [1.54, 1.807) is 30.8 Å². The molecule has 0 saturated carbocycles. The van der Waals surface area contributed by atoms with Crippen LogP contribution < -0.4 is 4.90 Å². The summed E-state index contributed by atoms with van der Waals surface area (Å²) in [5.41, 5.74) is 1.54. The monoisotopic (exact) mass is 241 g/mol. The van der Waals surface area contributed by atoms with E-state index in [0.29, 0.717) is 5.56 Å². The van der Waals surface area contributed by atoms with Crippen molar-refractivity contribution in [2.75, 3.05) is 30.5 Å². The van der Waals surface area contributed by atoms with Gasteiger partial charge in [-0.2, -0.15) is 11.8 Å². The number of phenols is 1. The number of thioether (sulfide) groups is 1. The fraction of sp³-hybridized carbons (Fsp3) is 0.500. The van der Waals surface area contributed by atoms with Crippen LogP contribution in [-0.4, -0.2) is 35.8 Å². The lowest BCUT2D eigenvalue weighted by Crippen LogP contribution is -2.20. The van der Waals surface area contributed by atoms with E-state index in [4.69, 9.17) is 0 Å². The minimum absolute atomic E-state index is 0.156. The van der Waals surface area contributed by atoms with Gasteiger partial charge in [-0.1, -0.05) is 6.07 Å². The number of benzene rings is 1. The summed E-state index contributed by atoms with van der Waals surface area (Å²) in [5, 5.41) is 19.1. The number of nitrogens with zero attached hydrogens (tertiary/aromatic N) is 1. The van der Waals surface area contributed by atoms with E-state index in [0.717, 1.165) is 18.0 Å². The molecule has 1 unspecified atom stereocenters. The Bertz CT molecular complexity index is 342. The van der Waals surface area contributed by atoms with E-state index < -0.39 is 6.10 Å². The minimum atomic E-state index is -0.634. The molecule has 0 saturated heterocycles. The third-order valence-electron chi connectivity index (χ3n) is 2.54. The molecule has 0 aliphatic rings. The average molecular weight is 241 g/mol. The van der Waals surface area contributed by atoms with E-state index in [-0.39, 0.29) is 5.75 Å². The Morgan fingerprint density at radius 3 is 2.62 bits per heavy atom.